The number of hydrogen-bond acceptors (Lipinski definition) is 12. The molecule has 4 aliphatic heterocycles. The van der Waals surface area contributed by atoms with E-state index in [2.05, 4.69) is 377 Å². The van der Waals surface area contributed by atoms with E-state index in [0.717, 1.165) is 67.3 Å². The first-order valence-corrected chi connectivity index (χ1v) is 37.5. The maximum atomic E-state index is 6.07. The van der Waals surface area contributed by atoms with Gasteiger partial charge in [0.1, 0.15) is 28.2 Å². The summed E-state index contributed by atoms with van der Waals surface area (Å²) in [6.45, 7) is 6.98. The molecule has 0 bridgehead atoms. The summed E-state index contributed by atoms with van der Waals surface area (Å²) in [4.78, 5) is 26.5. The van der Waals surface area contributed by atoms with Gasteiger partial charge in [0.25, 0.3) is 0 Å². The number of hydrogen-bond donors (Lipinski definition) is 0. The monoisotopic (exact) mass is 1450 g/mol. The quantitative estimate of drug-likeness (QED) is 0.106. The lowest BCUT2D eigenvalue weighted by molar-refractivity contribution is -0.654. The summed E-state index contributed by atoms with van der Waals surface area (Å²) in [5.41, 5.74) is 25.7. The van der Waals surface area contributed by atoms with E-state index in [1.807, 2.05) is 30.3 Å². The predicted octanol–water partition coefficient (Wildman–Crippen LogP) is 13.8. The molecular weight excluding hydrogens is 1370 g/mol. The predicted molar refractivity (Wildman–Crippen MR) is 454 cm³/mol. The van der Waals surface area contributed by atoms with Crippen molar-refractivity contribution in [2.75, 3.05) is 47.4 Å². The van der Waals surface area contributed by atoms with E-state index in [1.54, 1.807) is 24.8 Å². The summed E-state index contributed by atoms with van der Waals surface area (Å²) in [6, 6.07) is 69.5. The van der Waals surface area contributed by atoms with Crippen molar-refractivity contribution in [3.05, 3.63) is 313 Å². The zero-order valence-corrected chi connectivity index (χ0v) is 64.1. The van der Waals surface area contributed by atoms with Crippen molar-refractivity contribution in [2.24, 2.45) is 28.2 Å². The molecule has 20 heteroatoms. The second-order valence-electron chi connectivity index (χ2n) is 29.0. The van der Waals surface area contributed by atoms with Crippen molar-refractivity contribution >= 4 is 141 Å². The van der Waals surface area contributed by atoms with Crippen LogP contribution >= 0.6 is 0 Å². The minimum atomic E-state index is 0.0987. The number of aryl methyl sites for hydroxylation is 7. The van der Waals surface area contributed by atoms with Gasteiger partial charge in [-0.3, -0.25) is 0 Å². The summed E-state index contributed by atoms with van der Waals surface area (Å²) < 4.78 is 32.7. The minimum absolute atomic E-state index is 0.0987. The maximum Gasteiger partial charge on any atom is 0.398 e. The second kappa shape index (κ2) is 29.7. The fraction of sp³-hybridized carbons (Fsp3) is 0.121. The molecule has 12 aromatic heterocycles. The molecule has 0 atom stereocenters. The molecule has 111 heavy (non-hydrogen) atoms. The van der Waals surface area contributed by atoms with E-state index in [0.29, 0.717) is 22.9 Å². The molecule has 0 radical (unpaired) electrons. The van der Waals surface area contributed by atoms with Crippen molar-refractivity contribution in [2.45, 2.75) is 20.8 Å². The number of rotatable bonds is 8. The Morgan fingerprint density at radius 1 is 0.306 bits per heavy atom. The molecule has 20 rings (SSSR count). The van der Waals surface area contributed by atoms with Gasteiger partial charge in [0, 0.05) is 82.8 Å². The van der Waals surface area contributed by atoms with Crippen LogP contribution in [-0.4, -0.2) is 75.5 Å². The standard InChI is InChI=1S/3C23H21BN3O.C22H19BN3O/c1-16-15-26(2)21(14-19(16)17-8-5-4-6-9-17)24-12-11-20-22(27(24)3)18-10-7-13-25-23(18)28-20;1-16-14-21(26(2)15-19(16)17-8-5-4-6-9-17)24-12-11-20-22(27(24)3)18-10-7-13-25-23(18)28-20;1-16-14-21(26(2)15-20(16)17-8-5-4-6-9-17)24-12-11-19-18-10-7-13-25-22(18)28-23(19)27(24)3;1-25-14-11-17(16-7-4-3-5-8-16)15-20(25)23-12-10-19-21(26(23)2)18-9-6-13-24-22(18)27-19/h3*4-15H,1-3H3;3-15H,1-2H3/q4*+1. The molecule has 16 heterocycles. The highest BCUT2D eigenvalue weighted by molar-refractivity contribution is 6.82. The van der Waals surface area contributed by atoms with Crippen molar-refractivity contribution in [3.63, 3.8) is 0 Å². The summed E-state index contributed by atoms with van der Waals surface area (Å²) in [5, 5.41) is 4.20. The van der Waals surface area contributed by atoms with Crippen LogP contribution in [0.4, 0.5) is 22.9 Å². The van der Waals surface area contributed by atoms with E-state index < -0.39 is 0 Å². The molecule has 0 amide bonds. The molecule has 0 spiro atoms. The van der Waals surface area contributed by atoms with Crippen LogP contribution in [0.2, 0.25) is 0 Å². The van der Waals surface area contributed by atoms with E-state index in [1.165, 1.54) is 83.6 Å². The Hall–Kier alpha value is -13.3. The van der Waals surface area contributed by atoms with Gasteiger partial charge in [0.15, 0.2) is 70.3 Å². The highest BCUT2D eigenvalue weighted by atomic mass is 16.4. The van der Waals surface area contributed by atoms with Crippen LogP contribution in [0.5, 0.6) is 0 Å². The number of furan rings is 4. The van der Waals surface area contributed by atoms with Gasteiger partial charge in [-0.1, -0.05) is 151 Å². The smallest absolute Gasteiger partial charge is 0.398 e. The van der Waals surface area contributed by atoms with Crippen LogP contribution in [0, 0.1) is 20.8 Å². The fourth-order valence-electron chi connectivity index (χ4n) is 16.3. The molecule has 4 aliphatic rings. The van der Waals surface area contributed by atoms with Crippen LogP contribution in [0.25, 0.3) is 113 Å². The number of pyridine rings is 8. The molecule has 0 aliphatic carbocycles. The van der Waals surface area contributed by atoms with Gasteiger partial charge < -0.3 is 36.9 Å². The molecule has 0 saturated heterocycles. The number of benzene rings is 4. The molecule has 0 saturated carbocycles. The largest absolute Gasteiger partial charge is 0.436 e. The Bertz CT molecular complexity index is 6330. The van der Waals surface area contributed by atoms with Crippen molar-refractivity contribution in [3.8, 4) is 44.5 Å². The topological polar surface area (TPSA) is 133 Å². The number of fused-ring (bicyclic) bond motifs is 12. The zero-order valence-electron chi connectivity index (χ0n) is 64.1. The SMILES string of the molecule is CN1B(c2cc(-c3ccccc3)cc[n+]2C)C=Cc2oc3ncccc3c21.Cc1c[n+](C)c(B2C=Cc3oc4ncccc4c3N2C)cc1-c1ccccc1.Cc1cc(B2C=Cc3c(oc4ncccc34)N2C)[n+](C)cc1-c1ccccc1.Cc1cc(B2C=Cc3oc4ncccc4c3N2C)[n+](C)cc1-c1ccccc1. The summed E-state index contributed by atoms with van der Waals surface area (Å²) in [7, 11) is 16.9. The number of nitrogens with zero attached hydrogens (tertiary/aromatic N) is 12. The first-order chi connectivity index (χ1) is 54.1. The molecule has 16 aromatic rings. The first kappa shape index (κ1) is 70.6. The minimum Gasteiger partial charge on any atom is -0.436 e. The highest BCUT2D eigenvalue weighted by Crippen LogP contribution is 2.41. The third kappa shape index (κ3) is 13.3. The molecule has 16 nitrogen and oxygen atoms in total. The zero-order chi connectivity index (χ0) is 76.1. The third-order valence-corrected chi connectivity index (χ3v) is 22.0. The van der Waals surface area contributed by atoms with Crippen LogP contribution < -0.4 is 59.9 Å². The van der Waals surface area contributed by atoms with Crippen LogP contribution in [-0.2, 0) is 28.2 Å². The number of anilines is 4. The van der Waals surface area contributed by atoms with Gasteiger partial charge in [-0.2, -0.15) is 0 Å². The summed E-state index contributed by atoms with van der Waals surface area (Å²) >= 11 is 0. The molecule has 538 valence electrons. The molecule has 0 unspecified atom stereocenters. The Kier molecular flexibility index (Phi) is 18.9. The van der Waals surface area contributed by atoms with Gasteiger partial charge in [0.05, 0.1) is 33.2 Å². The van der Waals surface area contributed by atoms with Crippen LogP contribution in [0.15, 0.2) is 291 Å². The molecule has 4 aromatic carbocycles. The van der Waals surface area contributed by atoms with Gasteiger partial charge in [-0.15, -0.1) is 0 Å². The Morgan fingerprint density at radius 2 is 0.658 bits per heavy atom. The van der Waals surface area contributed by atoms with Gasteiger partial charge in [0.2, 0.25) is 22.9 Å². The lowest BCUT2D eigenvalue weighted by Crippen LogP contribution is -2.60. The summed E-state index contributed by atoms with van der Waals surface area (Å²) in [6.07, 6.45) is 24.2. The maximum absolute atomic E-state index is 6.07. The fourth-order valence-corrected chi connectivity index (χ4v) is 16.3. The van der Waals surface area contributed by atoms with Crippen molar-refractivity contribution in [1.29, 1.82) is 0 Å². The first-order valence-electron chi connectivity index (χ1n) is 37.5. The van der Waals surface area contributed by atoms with E-state index in [-0.39, 0.29) is 27.4 Å². The van der Waals surface area contributed by atoms with Gasteiger partial charge in [-0.05, 0) is 160 Å². The Morgan fingerprint density at radius 3 is 1.09 bits per heavy atom. The Balaban J connectivity index is 0.000000108. The molecular formula is C91H82B4N12O4+4. The lowest BCUT2D eigenvalue weighted by Gasteiger charge is -2.26. The second-order valence-corrected chi connectivity index (χ2v) is 29.0. The van der Waals surface area contributed by atoms with Crippen molar-refractivity contribution in [1.82, 2.24) is 19.9 Å². The lowest BCUT2D eigenvalue weighted by atomic mass is 9.55. The molecule has 0 N–H and O–H groups in total. The van der Waals surface area contributed by atoms with Crippen molar-refractivity contribution < 1.29 is 35.9 Å². The van der Waals surface area contributed by atoms with E-state index in [4.69, 9.17) is 17.7 Å². The van der Waals surface area contributed by atoms with Crippen LogP contribution in [0.1, 0.15) is 39.5 Å². The average molecular weight is 1450 g/mol. The van der Waals surface area contributed by atoms with Gasteiger partial charge >= 0.3 is 27.4 Å². The highest BCUT2D eigenvalue weighted by Gasteiger charge is 2.40. The molecule has 0 fully saturated rings. The third-order valence-electron chi connectivity index (χ3n) is 22.0. The van der Waals surface area contributed by atoms with E-state index >= 15 is 0 Å². The number of aromatic nitrogens is 8. The van der Waals surface area contributed by atoms with Gasteiger partial charge in [-0.25, -0.2) is 38.2 Å². The van der Waals surface area contributed by atoms with E-state index in [9.17, 15) is 0 Å². The summed E-state index contributed by atoms with van der Waals surface area (Å²) in [5.74, 6) is 12.3. The van der Waals surface area contributed by atoms with Crippen LogP contribution in [0.3, 0.4) is 0 Å². The normalized spacial score (nSPS) is 13.3. The average Bonchev–Trinajstić information content (AvgIpc) is 1.67. The Labute approximate surface area is 647 Å².